The van der Waals surface area contributed by atoms with Gasteiger partial charge in [0, 0.05) is 47.0 Å². The van der Waals surface area contributed by atoms with Gasteiger partial charge in [0.25, 0.3) is 0 Å². The predicted molar refractivity (Wildman–Crippen MR) is 140 cm³/mol. The first kappa shape index (κ1) is 29.8. The average molecular weight is 539 g/mol. The number of rotatable bonds is 11. The summed E-state index contributed by atoms with van der Waals surface area (Å²) >= 11 is 0. The SMILES string of the molecule is C=C(C(=O)O[C@H]1CC(=O)C([C@H]2OC(=O)C(=C)[C@@H]2CCC(C)=O)=C1C)[C@H](C=C1C(=O)C=C[C@]1(C)O)CCC(C)=O. The van der Waals surface area contributed by atoms with Gasteiger partial charge in [-0.15, -0.1) is 0 Å². The number of ether oxygens (including phenoxy) is 2. The molecule has 0 aromatic heterocycles. The molecule has 9 heteroatoms. The van der Waals surface area contributed by atoms with Gasteiger partial charge in [-0.1, -0.05) is 19.2 Å². The normalized spacial score (nSPS) is 28.3. The summed E-state index contributed by atoms with van der Waals surface area (Å²) in [6.45, 7) is 13.5. The minimum absolute atomic E-state index is 0.0343. The topological polar surface area (TPSA) is 141 Å². The summed E-state index contributed by atoms with van der Waals surface area (Å²) < 4.78 is 11.1. The van der Waals surface area contributed by atoms with Crippen LogP contribution in [0.1, 0.15) is 59.8 Å². The predicted octanol–water partition coefficient (Wildman–Crippen LogP) is 3.01. The van der Waals surface area contributed by atoms with Gasteiger partial charge in [0.15, 0.2) is 11.6 Å². The monoisotopic (exact) mass is 538 g/mol. The Morgan fingerprint density at radius 3 is 2.41 bits per heavy atom. The fraction of sp³-hybridized carbons (Fsp3) is 0.467. The van der Waals surface area contributed by atoms with E-state index in [0.29, 0.717) is 12.0 Å². The number of carbonyl (C=O) groups excluding carboxylic acids is 6. The number of cyclic esters (lactones) is 1. The molecule has 0 unspecified atom stereocenters. The van der Waals surface area contributed by atoms with Crippen LogP contribution in [0.15, 0.2) is 59.3 Å². The average Bonchev–Trinajstić information content (AvgIpc) is 3.38. The van der Waals surface area contributed by atoms with Gasteiger partial charge in [-0.05, 0) is 58.3 Å². The Balaban J connectivity index is 1.82. The van der Waals surface area contributed by atoms with E-state index in [1.807, 2.05) is 0 Å². The first-order chi connectivity index (χ1) is 18.1. The molecule has 0 bridgehead atoms. The number of allylic oxidation sites excluding steroid dienone is 2. The Morgan fingerprint density at radius 1 is 1.21 bits per heavy atom. The van der Waals surface area contributed by atoms with Gasteiger partial charge in [-0.3, -0.25) is 9.59 Å². The summed E-state index contributed by atoms with van der Waals surface area (Å²) in [4.78, 5) is 73.9. The summed E-state index contributed by atoms with van der Waals surface area (Å²) in [5, 5.41) is 10.5. The van der Waals surface area contributed by atoms with E-state index >= 15 is 0 Å². The second-order valence-electron chi connectivity index (χ2n) is 10.6. The van der Waals surface area contributed by atoms with Crippen molar-refractivity contribution in [2.24, 2.45) is 11.8 Å². The zero-order valence-corrected chi connectivity index (χ0v) is 22.7. The lowest BCUT2D eigenvalue weighted by Crippen LogP contribution is -2.26. The number of hydrogen-bond acceptors (Lipinski definition) is 9. The van der Waals surface area contributed by atoms with Gasteiger partial charge in [-0.25, -0.2) is 9.59 Å². The fourth-order valence-corrected chi connectivity index (χ4v) is 5.08. The lowest BCUT2D eigenvalue weighted by Gasteiger charge is -2.22. The van der Waals surface area contributed by atoms with Crippen LogP contribution in [-0.4, -0.2) is 58.0 Å². The first-order valence-electron chi connectivity index (χ1n) is 12.8. The highest BCUT2D eigenvalue weighted by molar-refractivity contribution is 6.09. The first-order valence-corrected chi connectivity index (χ1v) is 12.8. The molecule has 0 amide bonds. The van der Waals surface area contributed by atoms with Crippen LogP contribution in [0.3, 0.4) is 0 Å². The maximum atomic E-state index is 13.2. The van der Waals surface area contributed by atoms with E-state index in [2.05, 4.69) is 13.2 Å². The molecule has 9 nitrogen and oxygen atoms in total. The lowest BCUT2D eigenvalue weighted by molar-refractivity contribution is -0.143. The molecular formula is C30H34O9. The number of carbonyl (C=O) groups is 6. The van der Waals surface area contributed by atoms with Gasteiger partial charge >= 0.3 is 11.9 Å². The third kappa shape index (κ3) is 6.47. The molecule has 1 fully saturated rings. The Bertz CT molecular complexity index is 1260. The highest BCUT2D eigenvalue weighted by atomic mass is 16.6. The van der Waals surface area contributed by atoms with Crippen molar-refractivity contribution < 1.29 is 43.3 Å². The van der Waals surface area contributed by atoms with Crippen molar-refractivity contribution in [2.45, 2.75) is 77.6 Å². The van der Waals surface area contributed by atoms with E-state index in [1.54, 1.807) is 6.92 Å². The van der Waals surface area contributed by atoms with E-state index in [-0.39, 0.29) is 65.3 Å². The van der Waals surface area contributed by atoms with Crippen LogP contribution >= 0.6 is 0 Å². The summed E-state index contributed by atoms with van der Waals surface area (Å²) in [5.41, 5.74) is -0.640. The molecule has 1 N–H and O–H groups in total. The molecule has 3 rings (SSSR count). The van der Waals surface area contributed by atoms with Crippen LogP contribution in [-0.2, 0) is 38.2 Å². The second-order valence-corrected chi connectivity index (χ2v) is 10.6. The second kappa shape index (κ2) is 11.6. The Morgan fingerprint density at radius 2 is 1.85 bits per heavy atom. The molecule has 2 aliphatic carbocycles. The molecule has 5 atom stereocenters. The van der Waals surface area contributed by atoms with Gasteiger partial charge in [0.05, 0.1) is 6.42 Å². The zero-order chi connectivity index (χ0) is 29.2. The molecule has 0 saturated carbocycles. The molecule has 1 saturated heterocycles. The van der Waals surface area contributed by atoms with Gasteiger partial charge < -0.3 is 24.2 Å². The van der Waals surface area contributed by atoms with Gasteiger partial charge in [0.1, 0.15) is 29.4 Å². The molecule has 0 aromatic carbocycles. The largest absolute Gasteiger partial charge is 0.454 e. The van der Waals surface area contributed by atoms with Crippen LogP contribution in [0.5, 0.6) is 0 Å². The van der Waals surface area contributed by atoms with Gasteiger partial charge in [0.2, 0.25) is 0 Å². The number of aliphatic hydroxyl groups is 1. The molecule has 1 aliphatic heterocycles. The summed E-state index contributed by atoms with van der Waals surface area (Å²) in [6, 6.07) is 0. The van der Waals surface area contributed by atoms with Crippen molar-refractivity contribution in [1.29, 1.82) is 0 Å². The fourth-order valence-electron chi connectivity index (χ4n) is 5.08. The van der Waals surface area contributed by atoms with Crippen molar-refractivity contribution in [3.8, 4) is 0 Å². The standard InChI is InChI=1S/C30H34O9/c1-15(31)7-9-20(13-22-23(33)11-12-30(22,6)37)17(3)28(35)38-25-14-24(34)26(19(25)5)27-21(10-8-16(2)32)18(4)29(36)39-27/h11-13,20-21,25,27,37H,3-4,7-10,14H2,1-2,5-6H3/t20-,21-,25-,27-,30-/m0/s1. The van der Waals surface area contributed by atoms with Crippen LogP contribution in [0.4, 0.5) is 0 Å². The van der Waals surface area contributed by atoms with E-state index in [4.69, 9.17) is 9.47 Å². The number of ketones is 4. The van der Waals surface area contributed by atoms with Crippen LogP contribution in [0.25, 0.3) is 0 Å². The maximum absolute atomic E-state index is 13.2. The van der Waals surface area contributed by atoms with Crippen molar-refractivity contribution >= 4 is 35.1 Å². The highest BCUT2D eigenvalue weighted by Crippen LogP contribution is 2.40. The molecular weight excluding hydrogens is 504 g/mol. The highest BCUT2D eigenvalue weighted by Gasteiger charge is 2.47. The minimum atomic E-state index is -1.52. The van der Waals surface area contributed by atoms with Crippen molar-refractivity contribution in [3.63, 3.8) is 0 Å². The zero-order valence-electron chi connectivity index (χ0n) is 22.7. The number of Topliss-reactive ketones (excluding diaryl/α,β-unsaturated/α-hetero) is 3. The Hall–Kier alpha value is -3.72. The smallest absolute Gasteiger partial charge is 0.334 e. The molecule has 1 heterocycles. The van der Waals surface area contributed by atoms with E-state index in [9.17, 15) is 33.9 Å². The quantitative estimate of drug-likeness (QED) is 0.310. The Kier molecular flexibility index (Phi) is 8.85. The number of esters is 2. The maximum Gasteiger partial charge on any atom is 0.334 e. The van der Waals surface area contributed by atoms with Gasteiger partial charge in [-0.2, -0.15) is 0 Å². The molecule has 3 aliphatic rings. The van der Waals surface area contributed by atoms with E-state index < -0.39 is 47.4 Å². The number of hydrogen-bond donors (Lipinski definition) is 1. The summed E-state index contributed by atoms with van der Waals surface area (Å²) in [7, 11) is 0. The van der Waals surface area contributed by atoms with Crippen molar-refractivity contribution in [1.82, 2.24) is 0 Å². The van der Waals surface area contributed by atoms with Crippen molar-refractivity contribution in [2.75, 3.05) is 0 Å². The van der Waals surface area contributed by atoms with Crippen LogP contribution < -0.4 is 0 Å². The molecule has 208 valence electrons. The third-order valence-corrected chi connectivity index (χ3v) is 7.48. The summed E-state index contributed by atoms with van der Waals surface area (Å²) in [6.07, 6.45) is 2.77. The van der Waals surface area contributed by atoms with Crippen molar-refractivity contribution in [3.05, 3.63) is 59.3 Å². The third-order valence-electron chi connectivity index (χ3n) is 7.48. The van der Waals surface area contributed by atoms with E-state index in [0.717, 1.165) is 0 Å². The molecule has 0 aromatic rings. The molecule has 39 heavy (non-hydrogen) atoms. The van der Waals surface area contributed by atoms with Crippen LogP contribution in [0, 0.1) is 11.8 Å². The van der Waals surface area contributed by atoms with Crippen LogP contribution in [0.2, 0.25) is 0 Å². The molecule has 0 radical (unpaired) electrons. The summed E-state index contributed by atoms with van der Waals surface area (Å²) in [5.74, 6) is -3.73. The van der Waals surface area contributed by atoms with E-state index in [1.165, 1.54) is 39.0 Å². The Labute approximate surface area is 227 Å². The minimum Gasteiger partial charge on any atom is -0.454 e. The lowest BCUT2D eigenvalue weighted by atomic mass is 9.86. The molecule has 0 spiro atoms.